The molecule has 0 bridgehead atoms. The summed E-state index contributed by atoms with van der Waals surface area (Å²) in [5, 5.41) is 12.4. The van der Waals surface area contributed by atoms with Crippen LogP contribution in [-0.4, -0.2) is 16.2 Å². The van der Waals surface area contributed by atoms with Crippen LogP contribution < -0.4 is 10.6 Å². The molecule has 0 unspecified atom stereocenters. The van der Waals surface area contributed by atoms with E-state index in [1.807, 2.05) is 36.4 Å². The van der Waals surface area contributed by atoms with Crippen molar-refractivity contribution < 1.29 is 4.79 Å². The van der Waals surface area contributed by atoms with Gasteiger partial charge in [0.2, 0.25) is 0 Å². The van der Waals surface area contributed by atoms with Crippen LogP contribution in [0.1, 0.15) is 24.6 Å². The van der Waals surface area contributed by atoms with Gasteiger partial charge >= 0.3 is 6.03 Å². The van der Waals surface area contributed by atoms with Crippen LogP contribution in [0.2, 0.25) is 0 Å². The first-order chi connectivity index (χ1) is 9.28. The number of hydrogen-bond donors (Lipinski definition) is 3. The maximum Gasteiger partial charge on any atom is 0.320 e. The number of carbonyl (C=O) groups excluding carboxylic acids is 1. The van der Waals surface area contributed by atoms with Crippen molar-refractivity contribution >= 4 is 11.8 Å². The number of aryl methyl sites for hydroxylation is 1. The van der Waals surface area contributed by atoms with E-state index in [2.05, 4.69) is 27.8 Å². The first-order valence-corrected chi connectivity index (χ1v) is 6.41. The van der Waals surface area contributed by atoms with Gasteiger partial charge in [-0.3, -0.25) is 10.4 Å². The van der Waals surface area contributed by atoms with Gasteiger partial charge in [0.05, 0.1) is 0 Å². The van der Waals surface area contributed by atoms with Crippen molar-refractivity contribution in [2.75, 3.05) is 5.32 Å². The second kappa shape index (κ2) is 6.58. The van der Waals surface area contributed by atoms with Gasteiger partial charge < -0.3 is 5.32 Å². The zero-order valence-corrected chi connectivity index (χ0v) is 10.9. The number of carbonyl (C=O) groups is 1. The van der Waals surface area contributed by atoms with Crippen molar-refractivity contribution in [3.05, 3.63) is 47.7 Å². The van der Waals surface area contributed by atoms with Gasteiger partial charge in [0.1, 0.15) is 0 Å². The molecule has 1 heterocycles. The van der Waals surface area contributed by atoms with E-state index in [4.69, 9.17) is 0 Å². The molecule has 1 aromatic heterocycles. The van der Waals surface area contributed by atoms with Crippen molar-refractivity contribution in [1.29, 1.82) is 0 Å². The topological polar surface area (TPSA) is 69.8 Å². The predicted octanol–water partition coefficient (Wildman–Crippen LogP) is 2.68. The molecular formula is C14H18N4O. The fraction of sp³-hybridized carbons (Fsp3) is 0.286. The van der Waals surface area contributed by atoms with E-state index >= 15 is 0 Å². The van der Waals surface area contributed by atoms with Crippen LogP contribution in [0.15, 0.2) is 36.4 Å². The summed E-state index contributed by atoms with van der Waals surface area (Å²) in [6.45, 7) is 2.60. The number of aromatic nitrogens is 2. The predicted molar refractivity (Wildman–Crippen MR) is 74.9 cm³/mol. The van der Waals surface area contributed by atoms with Crippen molar-refractivity contribution in [2.45, 2.75) is 26.3 Å². The largest absolute Gasteiger partial charge is 0.334 e. The van der Waals surface area contributed by atoms with Crippen molar-refractivity contribution in [3.63, 3.8) is 0 Å². The minimum absolute atomic E-state index is 0.251. The molecule has 0 aliphatic rings. The van der Waals surface area contributed by atoms with Crippen LogP contribution >= 0.6 is 0 Å². The van der Waals surface area contributed by atoms with Crippen molar-refractivity contribution in [1.82, 2.24) is 15.5 Å². The summed E-state index contributed by atoms with van der Waals surface area (Å²) in [7, 11) is 0. The Kier molecular flexibility index (Phi) is 4.55. The highest BCUT2D eigenvalue weighted by Crippen LogP contribution is 2.07. The average Bonchev–Trinajstić information content (AvgIpc) is 2.85. The third-order valence-electron chi connectivity index (χ3n) is 2.69. The minimum atomic E-state index is -0.251. The summed E-state index contributed by atoms with van der Waals surface area (Å²) in [4.78, 5) is 11.7. The number of rotatable bonds is 5. The van der Waals surface area contributed by atoms with Gasteiger partial charge in [0, 0.05) is 18.3 Å². The molecular weight excluding hydrogens is 240 g/mol. The number of benzene rings is 1. The molecule has 1 aromatic carbocycles. The van der Waals surface area contributed by atoms with E-state index in [9.17, 15) is 4.79 Å². The molecule has 0 radical (unpaired) electrons. The van der Waals surface area contributed by atoms with Crippen molar-refractivity contribution in [3.8, 4) is 0 Å². The number of amides is 2. The highest BCUT2D eigenvalue weighted by molar-refractivity contribution is 5.88. The Morgan fingerprint density at radius 1 is 1.32 bits per heavy atom. The Morgan fingerprint density at radius 2 is 2.11 bits per heavy atom. The standard InChI is InChI=1S/C14H18N4O/c1-2-6-12-9-13(18-17-12)16-14(19)15-10-11-7-4-3-5-8-11/h3-5,7-9H,2,6,10H2,1H3,(H3,15,16,17,18,19). The SMILES string of the molecule is CCCc1cc(NC(=O)NCc2ccccc2)n[nH]1. The second-order valence-corrected chi connectivity index (χ2v) is 4.32. The van der Waals surface area contributed by atoms with Crippen LogP contribution in [0.3, 0.4) is 0 Å². The lowest BCUT2D eigenvalue weighted by molar-refractivity contribution is 0.251. The average molecular weight is 258 g/mol. The van der Waals surface area contributed by atoms with Gasteiger partial charge in [0.25, 0.3) is 0 Å². The Hall–Kier alpha value is -2.30. The zero-order valence-electron chi connectivity index (χ0n) is 10.9. The molecule has 0 fully saturated rings. The Labute approximate surface area is 112 Å². The van der Waals surface area contributed by atoms with E-state index < -0.39 is 0 Å². The van der Waals surface area contributed by atoms with Crippen LogP contribution in [0.25, 0.3) is 0 Å². The number of aromatic amines is 1. The number of H-pyrrole nitrogens is 1. The van der Waals surface area contributed by atoms with E-state index in [1.54, 1.807) is 0 Å². The molecule has 2 aromatic rings. The first-order valence-electron chi connectivity index (χ1n) is 6.41. The summed E-state index contributed by atoms with van der Waals surface area (Å²) in [6.07, 6.45) is 1.97. The number of nitrogens with zero attached hydrogens (tertiary/aromatic N) is 1. The highest BCUT2D eigenvalue weighted by atomic mass is 16.2. The van der Waals surface area contributed by atoms with Crippen LogP contribution in [-0.2, 0) is 13.0 Å². The van der Waals surface area contributed by atoms with Gasteiger partial charge in [0.15, 0.2) is 5.82 Å². The Bertz CT molecular complexity index is 521. The Balaban J connectivity index is 1.80. The number of urea groups is 1. The summed E-state index contributed by atoms with van der Waals surface area (Å²) in [6, 6.07) is 11.4. The summed E-state index contributed by atoms with van der Waals surface area (Å²) in [5.41, 5.74) is 2.09. The third-order valence-corrected chi connectivity index (χ3v) is 2.69. The fourth-order valence-electron chi connectivity index (χ4n) is 1.76. The van der Waals surface area contributed by atoms with E-state index in [0.29, 0.717) is 12.4 Å². The molecule has 0 atom stereocenters. The smallest absolute Gasteiger partial charge is 0.320 e. The third kappa shape index (κ3) is 4.13. The van der Waals surface area contributed by atoms with Gasteiger partial charge in [-0.15, -0.1) is 0 Å². The van der Waals surface area contributed by atoms with Gasteiger partial charge in [-0.1, -0.05) is 43.7 Å². The monoisotopic (exact) mass is 258 g/mol. The minimum Gasteiger partial charge on any atom is -0.334 e. The maximum atomic E-state index is 11.7. The summed E-state index contributed by atoms with van der Waals surface area (Å²) < 4.78 is 0. The molecule has 0 aliphatic carbocycles. The number of anilines is 1. The lowest BCUT2D eigenvalue weighted by Gasteiger charge is -2.05. The molecule has 0 aliphatic heterocycles. The molecule has 5 heteroatoms. The van der Waals surface area contributed by atoms with E-state index in [0.717, 1.165) is 24.1 Å². The van der Waals surface area contributed by atoms with Gasteiger partial charge in [-0.25, -0.2) is 4.79 Å². The lowest BCUT2D eigenvalue weighted by Crippen LogP contribution is -2.28. The molecule has 100 valence electrons. The lowest BCUT2D eigenvalue weighted by atomic mass is 10.2. The van der Waals surface area contributed by atoms with E-state index in [1.165, 1.54) is 0 Å². The van der Waals surface area contributed by atoms with Crippen LogP contribution in [0.5, 0.6) is 0 Å². The molecule has 19 heavy (non-hydrogen) atoms. The maximum absolute atomic E-state index is 11.7. The summed E-state index contributed by atoms with van der Waals surface area (Å²) >= 11 is 0. The highest BCUT2D eigenvalue weighted by Gasteiger charge is 2.05. The molecule has 2 rings (SSSR count). The number of nitrogens with one attached hydrogen (secondary N) is 3. The summed E-state index contributed by atoms with van der Waals surface area (Å²) in [5.74, 6) is 0.550. The van der Waals surface area contributed by atoms with Gasteiger partial charge in [-0.2, -0.15) is 5.10 Å². The second-order valence-electron chi connectivity index (χ2n) is 4.32. The molecule has 0 spiro atoms. The fourth-order valence-corrected chi connectivity index (χ4v) is 1.76. The first kappa shape index (κ1) is 13.1. The molecule has 5 nitrogen and oxygen atoms in total. The molecule has 3 N–H and O–H groups in total. The van der Waals surface area contributed by atoms with Gasteiger partial charge in [-0.05, 0) is 12.0 Å². The molecule has 0 saturated heterocycles. The van der Waals surface area contributed by atoms with Crippen LogP contribution in [0, 0.1) is 0 Å². The Morgan fingerprint density at radius 3 is 2.84 bits per heavy atom. The zero-order chi connectivity index (χ0) is 13.5. The molecule has 2 amide bonds. The number of hydrogen-bond acceptors (Lipinski definition) is 2. The van der Waals surface area contributed by atoms with E-state index in [-0.39, 0.29) is 6.03 Å². The van der Waals surface area contributed by atoms with Crippen molar-refractivity contribution in [2.24, 2.45) is 0 Å². The van der Waals surface area contributed by atoms with Crippen LogP contribution in [0.4, 0.5) is 10.6 Å². The normalized spacial score (nSPS) is 10.2. The quantitative estimate of drug-likeness (QED) is 0.771. The molecule has 0 saturated carbocycles.